The molecule has 0 fully saturated rings. The molecule has 0 saturated heterocycles. The van der Waals surface area contributed by atoms with Crippen LogP contribution in [0.1, 0.15) is 32.6 Å². The number of carbonyl (C=O) groups excluding carboxylic acids is 1. The maximum Gasteiger partial charge on any atom is 0.265 e. The number of hydrogen-bond acceptors (Lipinski definition) is 3. The first kappa shape index (κ1) is 13.6. The van der Waals surface area contributed by atoms with Gasteiger partial charge in [-0.05, 0) is 49.6 Å². The van der Waals surface area contributed by atoms with E-state index in [0.29, 0.717) is 5.69 Å². The second kappa shape index (κ2) is 5.45. The highest BCUT2D eigenvalue weighted by Gasteiger charge is 2.13. The van der Waals surface area contributed by atoms with Gasteiger partial charge in [0.25, 0.3) is 5.91 Å². The van der Waals surface area contributed by atoms with Gasteiger partial charge in [-0.25, -0.2) is 0 Å². The minimum atomic E-state index is -0.0681. The Morgan fingerprint density at radius 1 is 1.26 bits per heavy atom. The van der Waals surface area contributed by atoms with Crippen LogP contribution in [0.25, 0.3) is 0 Å². The Bertz CT molecular complexity index is 617. The van der Waals surface area contributed by atoms with Crippen LogP contribution in [0.3, 0.4) is 0 Å². The van der Waals surface area contributed by atoms with E-state index in [9.17, 15) is 4.79 Å². The van der Waals surface area contributed by atoms with Crippen LogP contribution in [-0.4, -0.2) is 5.91 Å². The first-order valence-electron chi connectivity index (χ1n) is 6.28. The Balaban J connectivity index is 2.26. The Hall–Kier alpha value is -1.81. The van der Waals surface area contributed by atoms with Crippen molar-refractivity contribution in [1.82, 2.24) is 0 Å². The maximum atomic E-state index is 12.2. The van der Waals surface area contributed by atoms with E-state index >= 15 is 0 Å². The second-order valence-corrected chi connectivity index (χ2v) is 5.71. The summed E-state index contributed by atoms with van der Waals surface area (Å²) >= 11 is 1.53. The van der Waals surface area contributed by atoms with Gasteiger partial charge in [-0.15, -0.1) is 11.3 Å². The van der Waals surface area contributed by atoms with Gasteiger partial charge in [0.15, 0.2) is 0 Å². The Morgan fingerprint density at radius 2 is 2.00 bits per heavy atom. The number of anilines is 2. The lowest BCUT2D eigenvalue weighted by Crippen LogP contribution is -2.13. The highest BCUT2D eigenvalue weighted by molar-refractivity contribution is 7.14. The van der Waals surface area contributed by atoms with Crippen LogP contribution in [0, 0.1) is 13.8 Å². The molecule has 2 rings (SSSR count). The number of carbonyl (C=O) groups is 1. The van der Waals surface area contributed by atoms with Gasteiger partial charge < -0.3 is 11.1 Å². The van der Waals surface area contributed by atoms with E-state index in [1.807, 2.05) is 38.1 Å². The van der Waals surface area contributed by atoms with Crippen molar-refractivity contribution in [2.45, 2.75) is 27.2 Å². The second-order valence-electron chi connectivity index (χ2n) is 4.55. The number of hydrogen-bond donors (Lipinski definition) is 2. The molecule has 0 spiro atoms. The molecule has 3 nitrogen and oxygen atoms in total. The number of amides is 1. The van der Waals surface area contributed by atoms with E-state index in [1.54, 1.807) is 0 Å². The first-order valence-corrected chi connectivity index (χ1v) is 7.10. The van der Waals surface area contributed by atoms with Crippen LogP contribution in [0.4, 0.5) is 11.4 Å². The minimum Gasteiger partial charge on any atom is -0.398 e. The summed E-state index contributed by atoms with van der Waals surface area (Å²) in [4.78, 5) is 14.2. The zero-order valence-corrected chi connectivity index (χ0v) is 12.2. The van der Waals surface area contributed by atoms with Crippen LogP contribution in [0.15, 0.2) is 24.3 Å². The minimum absolute atomic E-state index is 0.0681. The third-order valence-corrected chi connectivity index (χ3v) is 4.42. The van der Waals surface area contributed by atoms with Crippen molar-refractivity contribution in [3.63, 3.8) is 0 Å². The number of rotatable bonds is 3. The van der Waals surface area contributed by atoms with Crippen molar-refractivity contribution in [2.75, 3.05) is 11.1 Å². The summed E-state index contributed by atoms with van der Waals surface area (Å²) in [5.41, 5.74) is 9.33. The average Bonchev–Trinajstić information content (AvgIpc) is 2.88. The van der Waals surface area contributed by atoms with Gasteiger partial charge >= 0.3 is 0 Å². The summed E-state index contributed by atoms with van der Waals surface area (Å²) < 4.78 is 0. The van der Waals surface area contributed by atoms with Gasteiger partial charge in [0.1, 0.15) is 0 Å². The third kappa shape index (κ3) is 2.79. The quantitative estimate of drug-likeness (QED) is 0.837. The van der Waals surface area contributed by atoms with E-state index in [2.05, 4.69) is 12.2 Å². The molecule has 0 aliphatic heterocycles. The number of nitrogen functional groups attached to an aromatic ring is 1. The summed E-state index contributed by atoms with van der Waals surface area (Å²) in [6.45, 7) is 5.97. The number of nitrogens with two attached hydrogens (primary N) is 1. The molecule has 3 N–H and O–H groups in total. The molecule has 1 aromatic carbocycles. The Labute approximate surface area is 117 Å². The molecule has 0 bridgehead atoms. The van der Waals surface area contributed by atoms with Crippen LogP contribution in [0.5, 0.6) is 0 Å². The van der Waals surface area contributed by atoms with Crippen LogP contribution < -0.4 is 11.1 Å². The van der Waals surface area contributed by atoms with E-state index < -0.39 is 0 Å². The zero-order chi connectivity index (χ0) is 14.0. The third-order valence-electron chi connectivity index (χ3n) is 3.19. The highest BCUT2D eigenvalue weighted by atomic mass is 32.1. The number of benzene rings is 1. The predicted molar refractivity (Wildman–Crippen MR) is 82.0 cm³/mol. The molecule has 19 heavy (non-hydrogen) atoms. The molecule has 0 radical (unpaired) electrons. The molecular weight excluding hydrogens is 256 g/mol. The molecule has 100 valence electrons. The van der Waals surface area contributed by atoms with Crippen molar-refractivity contribution in [2.24, 2.45) is 0 Å². The Morgan fingerprint density at radius 3 is 2.63 bits per heavy atom. The fourth-order valence-electron chi connectivity index (χ4n) is 1.92. The maximum absolute atomic E-state index is 12.2. The van der Waals surface area contributed by atoms with Gasteiger partial charge in [0.2, 0.25) is 0 Å². The lowest BCUT2D eigenvalue weighted by Gasteiger charge is -2.12. The lowest BCUT2D eigenvalue weighted by molar-refractivity contribution is 0.103. The molecule has 0 aliphatic carbocycles. The molecule has 4 heteroatoms. The molecule has 2 aromatic rings. The van der Waals surface area contributed by atoms with Gasteiger partial charge in [0.05, 0.1) is 4.88 Å². The van der Waals surface area contributed by atoms with Crippen molar-refractivity contribution < 1.29 is 4.79 Å². The molecular formula is C15H18N2OS. The first-order chi connectivity index (χ1) is 9.02. The van der Waals surface area contributed by atoms with Crippen molar-refractivity contribution in [3.05, 3.63) is 45.1 Å². The largest absolute Gasteiger partial charge is 0.398 e. The zero-order valence-electron chi connectivity index (χ0n) is 11.4. The van der Waals surface area contributed by atoms with Crippen LogP contribution in [0.2, 0.25) is 0 Å². The Kier molecular flexibility index (Phi) is 3.90. The van der Waals surface area contributed by atoms with Crippen molar-refractivity contribution >= 4 is 28.6 Å². The van der Waals surface area contributed by atoms with Crippen LogP contribution >= 0.6 is 11.3 Å². The van der Waals surface area contributed by atoms with Gasteiger partial charge in [-0.1, -0.05) is 13.0 Å². The number of aryl methyl sites for hydroxylation is 2. The summed E-state index contributed by atoms with van der Waals surface area (Å²) in [7, 11) is 0. The van der Waals surface area contributed by atoms with Gasteiger partial charge in [-0.3, -0.25) is 4.79 Å². The fourth-order valence-corrected chi connectivity index (χ4v) is 2.76. The molecule has 0 aliphatic rings. The smallest absolute Gasteiger partial charge is 0.265 e. The predicted octanol–water partition coefficient (Wildman–Crippen LogP) is 3.76. The standard InChI is InChI=1S/C15H18N2OS/c1-4-11-6-8-13(19-11)15(18)17-14-9(2)5-7-12(16)10(14)3/h5-8H,4,16H2,1-3H3,(H,17,18). The molecule has 0 atom stereocenters. The fraction of sp³-hybridized carbons (Fsp3) is 0.267. The summed E-state index contributed by atoms with van der Waals surface area (Å²) in [5, 5.41) is 2.96. The van der Waals surface area contributed by atoms with E-state index in [0.717, 1.165) is 28.1 Å². The monoisotopic (exact) mass is 274 g/mol. The highest BCUT2D eigenvalue weighted by Crippen LogP contribution is 2.26. The number of nitrogens with one attached hydrogen (secondary N) is 1. The summed E-state index contributed by atoms with van der Waals surface area (Å²) in [6.07, 6.45) is 0.953. The van der Waals surface area contributed by atoms with Gasteiger partial charge in [-0.2, -0.15) is 0 Å². The van der Waals surface area contributed by atoms with E-state index in [4.69, 9.17) is 5.73 Å². The molecule has 0 unspecified atom stereocenters. The molecule has 1 heterocycles. The molecule has 1 aromatic heterocycles. The summed E-state index contributed by atoms with van der Waals surface area (Å²) in [5.74, 6) is -0.0681. The van der Waals surface area contributed by atoms with E-state index in [-0.39, 0.29) is 5.91 Å². The van der Waals surface area contributed by atoms with E-state index in [1.165, 1.54) is 16.2 Å². The van der Waals surface area contributed by atoms with Crippen LogP contribution in [-0.2, 0) is 6.42 Å². The SMILES string of the molecule is CCc1ccc(C(=O)Nc2c(C)ccc(N)c2C)s1. The van der Waals surface area contributed by atoms with Crippen molar-refractivity contribution in [1.29, 1.82) is 0 Å². The molecule has 1 amide bonds. The molecule has 0 saturated carbocycles. The van der Waals surface area contributed by atoms with Crippen molar-refractivity contribution in [3.8, 4) is 0 Å². The topological polar surface area (TPSA) is 55.1 Å². The summed E-state index contributed by atoms with van der Waals surface area (Å²) in [6, 6.07) is 7.65. The average molecular weight is 274 g/mol. The lowest BCUT2D eigenvalue weighted by atomic mass is 10.1. The number of thiophene rings is 1. The normalized spacial score (nSPS) is 10.5. The van der Waals surface area contributed by atoms with Gasteiger partial charge in [0, 0.05) is 16.3 Å².